The van der Waals surface area contributed by atoms with Crippen molar-refractivity contribution in [3.63, 3.8) is 0 Å². The minimum atomic E-state index is -0.281. The molecular formula is C37H30N2O6. The summed E-state index contributed by atoms with van der Waals surface area (Å²) in [7, 11) is 1.64. The molecule has 8 heteroatoms. The standard InChI is InChI=1S/C37H30N2O6/c1-23-3-5-25(6-4-23)33(40)21-39-32-19-26(9-13-34(32)45-22-37(39)41)30-17-28(24-7-11-29(42-2)12-8-24)18-31(38-30)27-10-14-35-36(20-27)44-16-15-43-35/h3-14,17-20H,15-16,21-22H2,1-2H3. The van der Waals surface area contributed by atoms with Crippen LogP contribution in [0.2, 0.25) is 0 Å². The van der Waals surface area contributed by atoms with Gasteiger partial charge in [0, 0.05) is 16.7 Å². The average Bonchev–Trinajstić information content (AvgIpc) is 3.09. The lowest BCUT2D eigenvalue weighted by Gasteiger charge is -2.29. The Balaban J connectivity index is 1.30. The Hall–Kier alpha value is -5.63. The smallest absolute Gasteiger partial charge is 0.265 e. The topological polar surface area (TPSA) is 87.2 Å². The number of carbonyl (C=O) groups is 2. The molecule has 0 aliphatic carbocycles. The average molecular weight is 599 g/mol. The van der Waals surface area contributed by atoms with Gasteiger partial charge in [-0.1, -0.05) is 42.0 Å². The van der Waals surface area contributed by atoms with Crippen molar-refractivity contribution < 1.29 is 28.5 Å². The van der Waals surface area contributed by atoms with Crippen molar-refractivity contribution >= 4 is 17.4 Å². The first kappa shape index (κ1) is 28.2. The van der Waals surface area contributed by atoms with E-state index in [2.05, 4.69) is 0 Å². The number of carbonyl (C=O) groups excluding carboxylic acids is 2. The Morgan fingerprint density at radius 1 is 0.733 bits per heavy atom. The first-order chi connectivity index (χ1) is 21.9. The van der Waals surface area contributed by atoms with Crippen LogP contribution in [0.5, 0.6) is 23.0 Å². The quantitative estimate of drug-likeness (QED) is 0.191. The van der Waals surface area contributed by atoms with Crippen molar-refractivity contribution in [2.75, 3.05) is 38.4 Å². The van der Waals surface area contributed by atoms with Gasteiger partial charge in [-0.3, -0.25) is 14.5 Å². The van der Waals surface area contributed by atoms with Crippen LogP contribution in [0.3, 0.4) is 0 Å². The lowest BCUT2D eigenvalue weighted by atomic mass is 9.99. The van der Waals surface area contributed by atoms with Crippen LogP contribution in [0.25, 0.3) is 33.6 Å². The summed E-state index contributed by atoms with van der Waals surface area (Å²) in [6.07, 6.45) is 0. The molecule has 2 aliphatic heterocycles. The number of fused-ring (bicyclic) bond motifs is 2. The number of ether oxygens (including phenoxy) is 4. The molecular weight excluding hydrogens is 568 g/mol. The highest BCUT2D eigenvalue weighted by molar-refractivity contribution is 6.07. The van der Waals surface area contributed by atoms with Gasteiger partial charge >= 0.3 is 0 Å². The normalized spacial score (nSPS) is 13.6. The van der Waals surface area contributed by atoms with Gasteiger partial charge in [-0.15, -0.1) is 0 Å². The number of pyridine rings is 1. The SMILES string of the molecule is COc1ccc(-c2cc(-c3ccc4c(c3)OCCO4)nc(-c3ccc4c(c3)N(CC(=O)c3ccc(C)cc3)C(=O)CO4)c2)cc1. The molecule has 0 bridgehead atoms. The number of hydrogen-bond donors (Lipinski definition) is 0. The van der Waals surface area contributed by atoms with Gasteiger partial charge in [0.25, 0.3) is 5.91 Å². The van der Waals surface area contributed by atoms with Gasteiger partial charge in [-0.25, -0.2) is 4.98 Å². The fourth-order valence-corrected chi connectivity index (χ4v) is 5.49. The second-order valence-electron chi connectivity index (χ2n) is 11.0. The van der Waals surface area contributed by atoms with Gasteiger partial charge in [-0.05, 0) is 78.7 Å². The van der Waals surface area contributed by atoms with E-state index < -0.39 is 0 Å². The minimum absolute atomic E-state index is 0.0938. The van der Waals surface area contributed by atoms with Gasteiger partial charge in [0.05, 0.1) is 30.7 Å². The maximum atomic E-state index is 13.2. The summed E-state index contributed by atoms with van der Waals surface area (Å²) in [4.78, 5) is 32.8. The summed E-state index contributed by atoms with van der Waals surface area (Å²) < 4.78 is 22.7. The number of hydrogen-bond acceptors (Lipinski definition) is 7. The molecule has 1 aromatic heterocycles. The second-order valence-corrected chi connectivity index (χ2v) is 11.0. The summed E-state index contributed by atoms with van der Waals surface area (Å²) in [5.41, 5.74) is 7.16. The highest BCUT2D eigenvalue weighted by Gasteiger charge is 2.28. The number of benzene rings is 4. The molecule has 7 rings (SSSR count). The third-order valence-corrected chi connectivity index (χ3v) is 7.96. The number of anilines is 1. The molecule has 224 valence electrons. The zero-order chi connectivity index (χ0) is 30.9. The molecule has 0 spiro atoms. The summed E-state index contributed by atoms with van der Waals surface area (Å²) in [6.45, 7) is 2.74. The number of aryl methyl sites for hydroxylation is 1. The van der Waals surface area contributed by atoms with E-state index in [-0.39, 0.29) is 24.8 Å². The highest BCUT2D eigenvalue weighted by atomic mass is 16.6. The van der Waals surface area contributed by atoms with Crippen LogP contribution in [-0.2, 0) is 4.79 Å². The van der Waals surface area contributed by atoms with Crippen molar-refractivity contribution in [1.29, 1.82) is 0 Å². The zero-order valence-electron chi connectivity index (χ0n) is 24.9. The molecule has 4 aromatic carbocycles. The Morgan fingerprint density at radius 3 is 2.09 bits per heavy atom. The number of aromatic nitrogens is 1. The van der Waals surface area contributed by atoms with Crippen LogP contribution in [0.1, 0.15) is 15.9 Å². The number of methoxy groups -OCH3 is 1. The number of ketones is 1. The fourth-order valence-electron chi connectivity index (χ4n) is 5.49. The number of amides is 1. The lowest BCUT2D eigenvalue weighted by Crippen LogP contribution is -2.42. The maximum Gasteiger partial charge on any atom is 0.265 e. The third kappa shape index (κ3) is 5.70. The van der Waals surface area contributed by atoms with Crippen LogP contribution < -0.4 is 23.8 Å². The van der Waals surface area contributed by atoms with Crippen molar-refractivity contribution in [2.45, 2.75) is 6.92 Å². The van der Waals surface area contributed by atoms with Gasteiger partial charge < -0.3 is 18.9 Å². The molecule has 0 atom stereocenters. The van der Waals surface area contributed by atoms with E-state index in [0.717, 1.165) is 39.3 Å². The van der Waals surface area contributed by atoms with E-state index in [1.54, 1.807) is 19.2 Å². The van der Waals surface area contributed by atoms with Gasteiger partial charge in [0.15, 0.2) is 23.9 Å². The maximum absolute atomic E-state index is 13.2. The predicted molar refractivity (Wildman–Crippen MR) is 171 cm³/mol. The zero-order valence-corrected chi connectivity index (χ0v) is 24.9. The first-order valence-corrected chi connectivity index (χ1v) is 14.7. The van der Waals surface area contributed by atoms with Crippen molar-refractivity contribution in [1.82, 2.24) is 4.98 Å². The fraction of sp³-hybridized carbons (Fsp3) is 0.162. The number of Topliss-reactive ketones (excluding diaryl/α,β-unsaturated/α-hetero) is 1. The molecule has 1 amide bonds. The molecule has 45 heavy (non-hydrogen) atoms. The molecule has 5 aromatic rings. The number of rotatable bonds is 7. The summed E-state index contributed by atoms with van der Waals surface area (Å²) in [5.74, 6) is 2.25. The summed E-state index contributed by atoms with van der Waals surface area (Å²) >= 11 is 0. The van der Waals surface area contributed by atoms with E-state index in [4.69, 9.17) is 23.9 Å². The molecule has 0 N–H and O–H groups in total. The molecule has 0 saturated heterocycles. The predicted octanol–water partition coefficient (Wildman–Crippen LogP) is 6.78. The van der Waals surface area contributed by atoms with Crippen LogP contribution in [0.15, 0.2) is 97.1 Å². The summed E-state index contributed by atoms with van der Waals surface area (Å²) in [5, 5.41) is 0. The molecule has 2 aliphatic rings. The van der Waals surface area contributed by atoms with E-state index in [1.165, 1.54) is 4.90 Å². The molecule has 8 nitrogen and oxygen atoms in total. The molecule has 0 unspecified atom stereocenters. The Labute approximate surface area is 260 Å². The molecule has 3 heterocycles. The van der Waals surface area contributed by atoms with E-state index >= 15 is 0 Å². The molecule has 0 saturated carbocycles. The van der Waals surface area contributed by atoms with Crippen LogP contribution in [-0.4, -0.2) is 50.1 Å². The first-order valence-electron chi connectivity index (χ1n) is 14.7. The van der Waals surface area contributed by atoms with Crippen LogP contribution in [0, 0.1) is 6.92 Å². The van der Waals surface area contributed by atoms with Crippen molar-refractivity contribution in [2.24, 2.45) is 0 Å². The van der Waals surface area contributed by atoms with E-state index in [9.17, 15) is 9.59 Å². The second kappa shape index (κ2) is 11.8. The van der Waals surface area contributed by atoms with E-state index in [1.807, 2.05) is 91.9 Å². The monoisotopic (exact) mass is 598 g/mol. The van der Waals surface area contributed by atoms with Gasteiger partial charge in [0.2, 0.25) is 0 Å². The lowest BCUT2D eigenvalue weighted by molar-refractivity contribution is -0.121. The Bertz CT molecular complexity index is 1920. The Kier molecular flexibility index (Phi) is 7.39. The van der Waals surface area contributed by atoms with Gasteiger partial charge in [-0.2, -0.15) is 0 Å². The van der Waals surface area contributed by atoms with Crippen molar-refractivity contribution in [3.8, 4) is 56.6 Å². The third-order valence-electron chi connectivity index (χ3n) is 7.96. The largest absolute Gasteiger partial charge is 0.497 e. The molecule has 0 radical (unpaired) electrons. The molecule has 0 fully saturated rings. The van der Waals surface area contributed by atoms with Crippen LogP contribution in [0.4, 0.5) is 5.69 Å². The number of nitrogens with zero attached hydrogens (tertiary/aromatic N) is 2. The minimum Gasteiger partial charge on any atom is -0.497 e. The summed E-state index contributed by atoms with van der Waals surface area (Å²) in [6, 6.07) is 30.7. The van der Waals surface area contributed by atoms with Crippen molar-refractivity contribution in [3.05, 3.63) is 108 Å². The highest BCUT2D eigenvalue weighted by Crippen LogP contribution is 2.39. The van der Waals surface area contributed by atoms with E-state index in [0.29, 0.717) is 47.4 Å². The van der Waals surface area contributed by atoms with Crippen LogP contribution >= 0.6 is 0 Å². The Morgan fingerprint density at radius 2 is 1.38 bits per heavy atom. The van der Waals surface area contributed by atoms with Gasteiger partial charge in [0.1, 0.15) is 24.7 Å².